The Morgan fingerprint density at radius 1 is 1.28 bits per heavy atom. The van der Waals surface area contributed by atoms with E-state index in [4.69, 9.17) is 4.74 Å². The third kappa shape index (κ3) is 5.34. The molecule has 1 atom stereocenters. The Kier molecular flexibility index (Phi) is 5.70. The number of alkyl carbamates (subject to hydrolysis) is 1. The van der Waals surface area contributed by atoms with Crippen molar-refractivity contribution in [2.75, 3.05) is 7.11 Å². The first kappa shape index (κ1) is 14.0. The minimum Gasteiger partial charge on any atom is -0.469 e. The van der Waals surface area contributed by atoms with E-state index in [-0.39, 0.29) is 25.0 Å². The van der Waals surface area contributed by atoms with Crippen molar-refractivity contribution in [3.8, 4) is 0 Å². The lowest BCUT2D eigenvalue weighted by Gasteiger charge is -2.12. The number of rotatable bonds is 5. The molecule has 0 aromatic heterocycles. The Labute approximate surface area is 106 Å². The molecule has 0 saturated heterocycles. The molecule has 1 rings (SSSR count). The summed E-state index contributed by atoms with van der Waals surface area (Å²) < 4.78 is 9.51. The molecule has 1 unspecified atom stereocenters. The quantitative estimate of drug-likeness (QED) is 0.811. The van der Waals surface area contributed by atoms with E-state index in [1.165, 1.54) is 7.11 Å². The molecule has 1 aromatic carbocycles. The van der Waals surface area contributed by atoms with Gasteiger partial charge in [0.1, 0.15) is 6.61 Å². The Morgan fingerprint density at radius 3 is 2.56 bits per heavy atom. The Hall–Kier alpha value is -2.04. The molecule has 0 fully saturated rings. The van der Waals surface area contributed by atoms with Crippen LogP contribution in [0.4, 0.5) is 4.79 Å². The molecule has 18 heavy (non-hydrogen) atoms. The summed E-state index contributed by atoms with van der Waals surface area (Å²) in [5.74, 6) is -0.370. The van der Waals surface area contributed by atoms with Gasteiger partial charge in [0.2, 0.25) is 0 Å². The average Bonchev–Trinajstić information content (AvgIpc) is 2.37. The number of carbonyl (C=O) groups excluding carboxylic acids is 2. The Morgan fingerprint density at radius 2 is 1.94 bits per heavy atom. The number of amides is 1. The number of hydrogen-bond acceptors (Lipinski definition) is 4. The summed E-state index contributed by atoms with van der Waals surface area (Å²) in [7, 11) is 1.31. The van der Waals surface area contributed by atoms with Gasteiger partial charge in [-0.15, -0.1) is 0 Å². The molecule has 1 amide bonds. The number of nitrogens with one attached hydrogen (secondary N) is 1. The molecule has 98 valence electrons. The lowest BCUT2D eigenvalue weighted by molar-refractivity contribution is -0.141. The van der Waals surface area contributed by atoms with Gasteiger partial charge in [-0.1, -0.05) is 30.3 Å². The van der Waals surface area contributed by atoms with E-state index in [1.807, 2.05) is 30.3 Å². The van der Waals surface area contributed by atoms with Gasteiger partial charge in [-0.3, -0.25) is 4.79 Å². The van der Waals surface area contributed by atoms with Crippen LogP contribution in [-0.2, 0) is 20.9 Å². The van der Waals surface area contributed by atoms with Crippen molar-refractivity contribution >= 4 is 12.1 Å². The molecule has 0 saturated carbocycles. The van der Waals surface area contributed by atoms with Crippen molar-refractivity contribution in [2.45, 2.75) is 26.0 Å². The number of carbonyl (C=O) groups is 2. The van der Waals surface area contributed by atoms with Crippen LogP contribution in [0.15, 0.2) is 30.3 Å². The number of methoxy groups -OCH3 is 1. The second kappa shape index (κ2) is 7.32. The van der Waals surface area contributed by atoms with Crippen molar-refractivity contribution in [3.05, 3.63) is 35.9 Å². The first-order valence-electron chi connectivity index (χ1n) is 5.66. The largest absolute Gasteiger partial charge is 0.469 e. The molecule has 0 bridgehead atoms. The highest BCUT2D eigenvalue weighted by Gasteiger charge is 2.12. The van der Waals surface area contributed by atoms with E-state index in [9.17, 15) is 9.59 Å². The second-order valence-corrected chi connectivity index (χ2v) is 3.89. The van der Waals surface area contributed by atoms with Gasteiger partial charge in [0.15, 0.2) is 0 Å². The SMILES string of the molecule is COC(=O)CC(C)NC(=O)OCc1ccccc1. The van der Waals surface area contributed by atoms with E-state index in [0.29, 0.717) is 0 Å². The first-order valence-corrected chi connectivity index (χ1v) is 5.66. The minimum absolute atomic E-state index is 0.122. The van der Waals surface area contributed by atoms with Crippen LogP contribution < -0.4 is 5.32 Å². The first-order chi connectivity index (χ1) is 8.61. The second-order valence-electron chi connectivity index (χ2n) is 3.89. The molecule has 1 aromatic rings. The van der Waals surface area contributed by atoms with Gasteiger partial charge in [-0.25, -0.2) is 4.79 Å². The van der Waals surface area contributed by atoms with E-state index in [1.54, 1.807) is 6.92 Å². The fraction of sp³-hybridized carbons (Fsp3) is 0.385. The van der Waals surface area contributed by atoms with Crippen molar-refractivity contribution in [3.63, 3.8) is 0 Å². The summed E-state index contributed by atoms with van der Waals surface area (Å²) in [4.78, 5) is 22.4. The fourth-order valence-corrected chi connectivity index (χ4v) is 1.35. The highest BCUT2D eigenvalue weighted by Crippen LogP contribution is 2.01. The predicted molar refractivity (Wildman–Crippen MR) is 65.9 cm³/mol. The van der Waals surface area contributed by atoms with Crippen molar-refractivity contribution in [2.24, 2.45) is 0 Å². The van der Waals surface area contributed by atoms with E-state index < -0.39 is 6.09 Å². The number of hydrogen-bond donors (Lipinski definition) is 1. The smallest absolute Gasteiger partial charge is 0.407 e. The standard InChI is InChI=1S/C13H17NO4/c1-10(8-12(15)17-2)14-13(16)18-9-11-6-4-3-5-7-11/h3-7,10H,8-9H2,1-2H3,(H,14,16). The third-order valence-corrected chi connectivity index (χ3v) is 2.28. The van der Waals surface area contributed by atoms with Crippen LogP contribution in [0.2, 0.25) is 0 Å². The van der Waals surface area contributed by atoms with Gasteiger partial charge in [-0.2, -0.15) is 0 Å². The molecule has 0 aliphatic rings. The van der Waals surface area contributed by atoms with Crippen LogP contribution >= 0.6 is 0 Å². The monoisotopic (exact) mass is 251 g/mol. The minimum atomic E-state index is -0.546. The molecule has 1 N–H and O–H groups in total. The topological polar surface area (TPSA) is 64.6 Å². The van der Waals surface area contributed by atoms with Gasteiger partial charge in [-0.05, 0) is 12.5 Å². The van der Waals surface area contributed by atoms with Gasteiger partial charge >= 0.3 is 12.1 Å². The highest BCUT2D eigenvalue weighted by molar-refractivity contribution is 5.72. The van der Waals surface area contributed by atoms with Crippen molar-refractivity contribution in [1.82, 2.24) is 5.32 Å². The summed E-state index contributed by atoms with van der Waals surface area (Å²) in [6.07, 6.45) is -0.424. The average molecular weight is 251 g/mol. The molecular formula is C13H17NO4. The maximum absolute atomic E-state index is 11.4. The molecule has 5 heteroatoms. The van der Waals surface area contributed by atoms with Gasteiger partial charge in [0.25, 0.3) is 0 Å². The molecule has 0 heterocycles. The lowest BCUT2D eigenvalue weighted by Crippen LogP contribution is -2.34. The summed E-state index contributed by atoms with van der Waals surface area (Å²) in [6, 6.07) is 9.05. The van der Waals surface area contributed by atoms with Crippen LogP contribution in [0.5, 0.6) is 0 Å². The third-order valence-electron chi connectivity index (χ3n) is 2.28. The summed E-state index contributed by atoms with van der Waals surface area (Å²) in [5.41, 5.74) is 0.910. The highest BCUT2D eigenvalue weighted by atomic mass is 16.5. The molecular weight excluding hydrogens is 234 g/mol. The molecule has 0 radical (unpaired) electrons. The normalized spacial score (nSPS) is 11.4. The van der Waals surface area contributed by atoms with Gasteiger partial charge in [0.05, 0.1) is 13.5 Å². The molecule has 0 aliphatic carbocycles. The zero-order valence-corrected chi connectivity index (χ0v) is 10.5. The summed E-state index contributed by atoms with van der Waals surface area (Å²) in [5, 5.41) is 2.55. The van der Waals surface area contributed by atoms with Gasteiger partial charge in [0, 0.05) is 6.04 Å². The van der Waals surface area contributed by atoms with Crippen LogP contribution in [0.1, 0.15) is 18.9 Å². The zero-order chi connectivity index (χ0) is 13.4. The van der Waals surface area contributed by atoms with Crippen LogP contribution in [0.25, 0.3) is 0 Å². The maximum Gasteiger partial charge on any atom is 0.407 e. The van der Waals surface area contributed by atoms with Gasteiger partial charge < -0.3 is 14.8 Å². The number of esters is 1. The summed E-state index contributed by atoms with van der Waals surface area (Å²) in [6.45, 7) is 1.91. The van der Waals surface area contributed by atoms with Crippen LogP contribution in [0.3, 0.4) is 0 Å². The van der Waals surface area contributed by atoms with Crippen LogP contribution in [-0.4, -0.2) is 25.2 Å². The zero-order valence-electron chi connectivity index (χ0n) is 10.5. The lowest BCUT2D eigenvalue weighted by atomic mass is 10.2. The van der Waals surface area contributed by atoms with E-state index in [0.717, 1.165) is 5.56 Å². The number of ether oxygens (including phenoxy) is 2. The Bertz CT molecular complexity index is 391. The predicted octanol–water partition coefficient (Wildman–Crippen LogP) is 1.86. The molecule has 0 spiro atoms. The van der Waals surface area contributed by atoms with Crippen LogP contribution in [0, 0.1) is 0 Å². The molecule has 5 nitrogen and oxygen atoms in total. The van der Waals surface area contributed by atoms with Crippen molar-refractivity contribution in [1.29, 1.82) is 0 Å². The van der Waals surface area contributed by atoms with E-state index in [2.05, 4.69) is 10.1 Å². The van der Waals surface area contributed by atoms with Crippen molar-refractivity contribution < 1.29 is 19.1 Å². The Balaban J connectivity index is 2.27. The maximum atomic E-state index is 11.4. The number of benzene rings is 1. The fourth-order valence-electron chi connectivity index (χ4n) is 1.35. The van der Waals surface area contributed by atoms with E-state index >= 15 is 0 Å². The molecule has 0 aliphatic heterocycles. The summed E-state index contributed by atoms with van der Waals surface area (Å²) >= 11 is 0.